The molecule has 1 atom stereocenters. The van der Waals surface area contributed by atoms with E-state index in [2.05, 4.69) is 11.9 Å². The third kappa shape index (κ3) is 0.735. The zero-order valence-corrected chi connectivity index (χ0v) is 4.90. The molecule has 0 aliphatic carbocycles. The van der Waals surface area contributed by atoms with Crippen LogP contribution in [0.25, 0.3) is 0 Å². The first-order valence-electron chi connectivity index (χ1n) is 2.69. The molecule has 0 bridgehead atoms. The molecule has 1 unspecified atom stereocenters. The summed E-state index contributed by atoms with van der Waals surface area (Å²) in [6, 6.07) is 0. The fourth-order valence-electron chi connectivity index (χ4n) is 0.811. The van der Waals surface area contributed by atoms with E-state index in [0.717, 1.165) is 12.1 Å². The van der Waals surface area contributed by atoms with Gasteiger partial charge in [-0.15, -0.1) is 0 Å². The molecule has 0 radical (unpaired) electrons. The Morgan fingerprint density at radius 2 is 2.50 bits per heavy atom. The van der Waals surface area contributed by atoms with Gasteiger partial charge in [0.25, 0.3) is 0 Å². The van der Waals surface area contributed by atoms with Crippen LogP contribution >= 0.6 is 0 Å². The van der Waals surface area contributed by atoms with Crippen molar-refractivity contribution in [2.75, 3.05) is 0 Å². The van der Waals surface area contributed by atoms with Gasteiger partial charge in [0.1, 0.15) is 0 Å². The van der Waals surface area contributed by atoms with Crippen LogP contribution in [0.5, 0.6) is 0 Å². The van der Waals surface area contributed by atoms with Crippen LogP contribution in [0.3, 0.4) is 0 Å². The van der Waals surface area contributed by atoms with E-state index in [1.165, 1.54) is 0 Å². The van der Waals surface area contributed by atoms with Crippen molar-refractivity contribution in [2.24, 2.45) is 5.92 Å². The number of carbonyl (C=O) groups excluding carboxylic acids is 1. The van der Waals surface area contributed by atoms with Gasteiger partial charge in [0, 0.05) is 11.6 Å². The molecule has 1 aliphatic heterocycles. The van der Waals surface area contributed by atoms with E-state index in [-0.39, 0.29) is 11.8 Å². The van der Waals surface area contributed by atoms with Crippen LogP contribution in [0.4, 0.5) is 0 Å². The Kier molecular flexibility index (Phi) is 1.08. The van der Waals surface area contributed by atoms with Crippen molar-refractivity contribution in [3.8, 4) is 0 Å². The van der Waals surface area contributed by atoms with E-state index >= 15 is 0 Å². The van der Waals surface area contributed by atoms with Crippen molar-refractivity contribution < 1.29 is 4.79 Å². The second kappa shape index (κ2) is 1.62. The highest BCUT2D eigenvalue weighted by molar-refractivity contribution is 5.83. The number of rotatable bonds is 0. The number of hydrogen-bond acceptors (Lipinski definition) is 1. The average Bonchev–Trinajstić information content (AvgIpc) is 1.85. The van der Waals surface area contributed by atoms with Gasteiger partial charge in [-0.25, -0.2) is 0 Å². The summed E-state index contributed by atoms with van der Waals surface area (Å²) in [5.74, 6) is 0.248. The minimum absolute atomic E-state index is 0.106. The first-order chi connectivity index (χ1) is 3.70. The van der Waals surface area contributed by atoms with Gasteiger partial charge in [-0.2, -0.15) is 0 Å². The molecule has 8 heavy (non-hydrogen) atoms. The molecule has 0 aromatic carbocycles. The van der Waals surface area contributed by atoms with E-state index in [0.29, 0.717) is 0 Å². The lowest BCUT2D eigenvalue weighted by atomic mass is 10.1. The van der Waals surface area contributed by atoms with Crippen LogP contribution in [0.1, 0.15) is 13.3 Å². The van der Waals surface area contributed by atoms with Crippen LogP contribution in [0, 0.1) is 5.92 Å². The second-order valence-corrected chi connectivity index (χ2v) is 2.20. The highest BCUT2D eigenvalue weighted by Crippen LogP contribution is 2.14. The van der Waals surface area contributed by atoms with Gasteiger partial charge in [-0.3, -0.25) is 4.79 Å². The van der Waals surface area contributed by atoms with E-state index < -0.39 is 0 Å². The maximum absolute atomic E-state index is 10.6. The minimum Gasteiger partial charge on any atom is -0.330 e. The molecule has 0 aromatic heterocycles. The minimum atomic E-state index is 0.106. The Balaban J connectivity index is 2.64. The fraction of sp³-hybridized carbons (Fsp3) is 0.500. The maximum atomic E-state index is 10.6. The van der Waals surface area contributed by atoms with Gasteiger partial charge in [0.15, 0.2) is 0 Å². The van der Waals surface area contributed by atoms with Gasteiger partial charge < -0.3 is 5.32 Å². The highest BCUT2D eigenvalue weighted by Gasteiger charge is 2.21. The Morgan fingerprint density at radius 3 is 2.62 bits per heavy atom. The maximum Gasteiger partial charge on any atom is 0.227 e. The summed E-state index contributed by atoms with van der Waals surface area (Å²) in [6.07, 6.45) is 0.804. The first kappa shape index (κ1) is 5.35. The Bertz CT molecular complexity index is 139. The molecule has 1 saturated heterocycles. The average molecular weight is 111 g/mol. The molecular weight excluding hydrogens is 102 g/mol. The van der Waals surface area contributed by atoms with Crippen molar-refractivity contribution >= 4 is 5.91 Å². The predicted molar refractivity (Wildman–Crippen MR) is 31.1 cm³/mol. The topological polar surface area (TPSA) is 29.1 Å². The van der Waals surface area contributed by atoms with Crippen molar-refractivity contribution in [3.05, 3.63) is 12.3 Å². The van der Waals surface area contributed by atoms with Crippen LogP contribution in [0.2, 0.25) is 0 Å². The van der Waals surface area contributed by atoms with E-state index in [1.54, 1.807) is 0 Å². The quantitative estimate of drug-likeness (QED) is 0.488. The molecule has 1 rings (SSSR count). The fourth-order valence-corrected chi connectivity index (χ4v) is 0.811. The van der Waals surface area contributed by atoms with Gasteiger partial charge >= 0.3 is 0 Å². The van der Waals surface area contributed by atoms with E-state index in [1.807, 2.05) is 6.92 Å². The molecule has 0 aromatic rings. The molecule has 1 amide bonds. The summed E-state index contributed by atoms with van der Waals surface area (Å²) < 4.78 is 0. The number of amides is 1. The lowest BCUT2D eigenvalue weighted by Gasteiger charge is -1.89. The van der Waals surface area contributed by atoms with E-state index in [4.69, 9.17) is 0 Å². The second-order valence-electron chi connectivity index (χ2n) is 2.20. The van der Waals surface area contributed by atoms with Crippen molar-refractivity contribution in [2.45, 2.75) is 13.3 Å². The molecule has 0 saturated carbocycles. The van der Waals surface area contributed by atoms with E-state index in [9.17, 15) is 4.79 Å². The molecule has 1 fully saturated rings. The van der Waals surface area contributed by atoms with Crippen LogP contribution in [-0.2, 0) is 4.79 Å². The molecule has 1 N–H and O–H groups in total. The predicted octanol–water partition coefficient (Wildman–Crippen LogP) is 0.656. The summed E-state index contributed by atoms with van der Waals surface area (Å²) >= 11 is 0. The molecule has 1 heterocycles. The normalized spacial score (nSPS) is 28.4. The smallest absolute Gasteiger partial charge is 0.227 e. The molecule has 2 nitrogen and oxygen atoms in total. The number of nitrogens with one attached hydrogen (secondary N) is 1. The SMILES string of the molecule is C=C1CC(C)C(=O)N1. The Labute approximate surface area is 48.6 Å². The molecule has 2 heteroatoms. The summed E-state index contributed by atoms with van der Waals surface area (Å²) in [4.78, 5) is 10.6. The molecule has 1 aliphatic rings. The van der Waals surface area contributed by atoms with Crippen molar-refractivity contribution in [1.82, 2.24) is 5.32 Å². The van der Waals surface area contributed by atoms with Crippen LogP contribution in [0.15, 0.2) is 12.3 Å². The number of allylic oxidation sites excluding steroid dienone is 1. The monoisotopic (exact) mass is 111 g/mol. The third-order valence-electron chi connectivity index (χ3n) is 1.30. The van der Waals surface area contributed by atoms with Gasteiger partial charge in [0.05, 0.1) is 0 Å². The zero-order valence-electron chi connectivity index (χ0n) is 4.90. The first-order valence-corrected chi connectivity index (χ1v) is 2.69. The third-order valence-corrected chi connectivity index (χ3v) is 1.30. The lowest BCUT2D eigenvalue weighted by Crippen LogP contribution is -2.15. The van der Waals surface area contributed by atoms with Gasteiger partial charge in [-0.05, 0) is 6.42 Å². The van der Waals surface area contributed by atoms with Crippen LogP contribution in [-0.4, -0.2) is 5.91 Å². The zero-order chi connectivity index (χ0) is 6.15. The Hall–Kier alpha value is -0.790. The van der Waals surface area contributed by atoms with Gasteiger partial charge in [0.2, 0.25) is 5.91 Å². The largest absolute Gasteiger partial charge is 0.330 e. The van der Waals surface area contributed by atoms with Crippen LogP contribution < -0.4 is 5.32 Å². The van der Waals surface area contributed by atoms with Crippen molar-refractivity contribution in [3.63, 3.8) is 0 Å². The summed E-state index contributed by atoms with van der Waals surface area (Å²) in [7, 11) is 0. The summed E-state index contributed by atoms with van der Waals surface area (Å²) in [6.45, 7) is 5.52. The van der Waals surface area contributed by atoms with Gasteiger partial charge in [-0.1, -0.05) is 13.5 Å². The molecular formula is C6H9NO. The lowest BCUT2D eigenvalue weighted by molar-refractivity contribution is -0.121. The number of hydrogen-bond donors (Lipinski definition) is 1. The highest BCUT2D eigenvalue weighted by atomic mass is 16.2. The summed E-state index contributed by atoms with van der Waals surface area (Å²) in [5.41, 5.74) is 0.850. The standard InChI is InChI=1S/C6H9NO/c1-4-3-5(2)7-6(4)8/h4H,2-3H2,1H3,(H,7,8). The van der Waals surface area contributed by atoms with Crippen molar-refractivity contribution in [1.29, 1.82) is 0 Å². The molecule has 44 valence electrons. The number of carbonyl (C=O) groups is 1. The molecule has 0 spiro atoms. The summed E-state index contributed by atoms with van der Waals surface area (Å²) in [5, 5.41) is 2.63. The Morgan fingerprint density at radius 1 is 1.88 bits per heavy atom.